The highest BCUT2D eigenvalue weighted by atomic mass is 32.1. The fraction of sp³-hybridized carbons (Fsp3) is 0.391. The van der Waals surface area contributed by atoms with Gasteiger partial charge in [0.05, 0.1) is 0 Å². The van der Waals surface area contributed by atoms with Gasteiger partial charge in [0.25, 0.3) is 11.8 Å². The normalized spacial score (nSPS) is 17.9. The first kappa shape index (κ1) is 41.0. The number of rotatable bonds is 14. The molecule has 4 amide bonds. The zero-order chi connectivity index (χ0) is 40.1. The van der Waals surface area contributed by atoms with E-state index in [0.717, 1.165) is 61.1 Å². The zero-order valence-corrected chi connectivity index (χ0v) is 34.6. The van der Waals surface area contributed by atoms with Crippen LogP contribution in [0.3, 0.4) is 0 Å². The molecule has 58 heavy (non-hydrogen) atoms. The minimum Gasteiger partial charge on any atom is -0.374 e. The summed E-state index contributed by atoms with van der Waals surface area (Å²) in [5.74, 6) is -0.866. The maximum Gasteiger partial charge on any atom is 0.253 e. The lowest BCUT2D eigenvalue weighted by Crippen LogP contribution is -2.47. The molecule has 0 bridgehead atoms. The monoisotopic (exact) mass is 818 g/mol. The molecule has 7 rings (SSSR count). The topological polar surface area (TPSA) is 105 Å². The van der Waals surface area contributed by atoms with Crippen LogP contribution in [0.5, 0.6) is 0 Å². The lowest BCUT2D eigenvalue weighted by atomic mass is 9.95. The summed E-state index contributed by atoms with van der Waals surface area (Å²) >= 11 is 2.95. The van der Waals surface area contributed by atoms with Crippen LogP contribution in [0.1, 0.15) is 86.0 Å². The molecule has 304 valence electrons. The van der Waals surface area contributed by atoms with Crippen molar-refractivity contribution in [2.75, 3.05) is 36.0 Å². The van der Waals surface area contributed by atoms with Crippen molar-refractivity contribution in [3.63, 3.8) is 0 Å². The Morgan fingerprint density at radius 3 is 1.26 bits per heavy atom. The summed E-state index contributed by atoms with van der Waals surface area (Å²) in [5, 5.41) is 10.4. The standard InChI is InChI=1S/C46H54N6O4S2/c53-41(51(37-19-9-3-10-20-37)43(39-23-13-33-57-39)45(55)47-35-15-5-1-6-16-35)25-27-49-29-31-50(32-30-49)28-26-42(54)52(38-21-11-4-12-22-38)44(40-24-14-34-58-40)46(56)48-36-17-7-2-8-18-36/h3-4,9-14,19-28,33-36,43-44H,1-2,5-8,15-18,29-32H2,(H,47,55)(H,48,56)/b27-25+,28-26+. The van der Waals surface area contributed by atoms with Crippen molar-refractivity contribution in [2.24, 2.45) is 0 Å². The Morgan fingerprint density at radius 1 is 0.534 bits per heavy atom. The molecule has 12 heteroatoms. The average molecular weight is 819 g/mol. The van der Waals surface area contributed by atoms with Gasteiger partial charge in [-0.3, -0.25) is 29.0 Å². The van der Waals surface area contributed by atoms with E-state index in [1.54, 1.807) is 22.0 Å². The number of carbonyl (C=O) groups is 4. The molecule has 2 aliphatic carbocycles. The third-order valence-corrected chi connectivity index (χ3v) is 13.1. The summed E-state index contributed by atoms with van der Waals surface area (Å²) in [7, 11) is 0. The van der Waals surface area contributed by atoms with E-state index in [4.69, 9.17) is 0 Å². The highest BCUT2D eigenvalue weighted by Crippen LogP contribution is 2.33. The number of carbonyl (C=O) groups excluding carboxylic acids is 4. The summed E-state index contributed by atoms with van der Waals surface area (Å²) in [4.78, 5) is 65.5. The number of hydrogen-bond donors (Lipinski definition) is 2. The Labute approximate surface area is 350 Å². The van der Waals surface area contributed by atoms with Gasteiger partial charge in [-0.1, -0.05) is 87.1 Å². The molecule has 3 heterocycles. The Hall–Kier alpha value is -5.20. The van der Waals surface area contributed by atoms with Gasteiger partial charge in [-0.05, 0) is 72.8 Å². The molecular formula is C46H54N6O4S2. The lowest BCUT2D eigenvalue weighted by Gasteiger charge is -2.34. The summed E-state index contributed by atoms with van der Waals surface area (Å²) in [6.07, 6.45) is 17.4. The minimum absolute atomic E-state index is 0.113. The van der Waals surface area contributed by atoms with Crippen molar-refractivity contribution in [3.8, 4) is 0 Å². The van der Waals surface area contributed by atoms with Gasteiger partial charge in [0.15, 0.2) is 0 Å². The number of para-hydroxylation sites is 2. The second kappa shape index (κ2) is 20.5. The van der Waals surface area contributed by atoms with Gasteiger partial charge in [-0.15, -0.1) is 22.7 Å². The molecule has 1 saturated heterocycles. The van der Waals surface area contributed by atoms with Crippen molar-refractivity contribution < 1.29 is 19.2 Å². The smallest absolute Gasteiger partial charge is 0.253 e. The van der Waals surface area contributed by atoms with Crippen LogP contribution in [0, 0.1) is 0 Å². The maximum absolute atomic E-state index is 14.2. The van der Waals surface area contributed by atoms with Crippen molar-refractivity contribution >= 4 is 57.7 Å². The fourth-order valence-corrected chi connectivity index (χ4v) is 9.84. The van der Waals surface area contributed by atoms with E-state index in [1.165, 1.54) is 35.5 Å². The van der Waals surface area contributed by atoms with Crippen LogP contribution >= 0.6 is 22.7 Å². The quantitative estimate of drug-likeness (QED) is 0.124. The van der Waals surface area contributed by atoms with Gasteiger partial charge in [-0.25, -0.2) is 0 Å². The van der Waals surface area contributed by atoms with Gasteiger partial charge in [0.2, 0.25) is 11.8 Å². The molecule has 3 fully saturated rings. The molecule has 0 radical (unpaired) electrons. The fourth-order valence-electron chi connectivity index (χ4n) is 8.21. The minimum atomic E-state index is -0.797. The van der Waals surface area contributed by atoms with Crippen LogP contribution in [0.4, 0.5) is 11.4 Å². The van der Waals surface area contributed by atoms with Crippen LogP contribution in [0.25, 0.3) is 0 Å². The maximum atomic E-state index is 14.2. The van der Waals surface area contributed by atoms with E-state index in [2.05, 4.69) is 20.4 Å². The zero-order valence-electron chi connectivity index (χ0n) is 33.0. The molecule has 1 aliphatic heterocycles. The van der Waals surface area contributed by atoms with E-state index in [9.17, 15) is 19.2 Å². The van der Waals surface area contributed by atoms with Crippen molar-refractivity contribution in [3.05, 3.63) is 130 Å². The molecular weight excluding hydrogens is 765 g/mol. The highest BCUT2D eigenvalue weighted by Gasteiger charge is 2.36. The van der Waals surface area contributed by atoms with Gasteiger partial charge in [0.1, 0.15) is 12.1 Å². The summed E-state index contributed by atoms with van der Waals surface area (Å²) in [6.45, 7) is 2.53. The first-order chi connectivity index (χ1) is 28.4. The van der Waals surface area contributed by atoms with Crippen molar-refractivity contribution in [2.45, 2.75) is 88.4 Å². The number of thiophene rings is 2. The van der Waals surface area contributed by atoms with Crippen LogP contribution < -0.4 is 20.4 Å². The van der Waals surface area contributed by atoms with E-state index in [0.29, 0.717) is 37.6 Å². The molecule has 10 nitrogen and oxygen atoms in total. The molecule has 2 atom stereocenters. The number of piperazine rings is 1. The molecule has 2 aromatic carbocycles. The molecule has 2 N–H and O–H groups in total. The van der Waals surface area contributed by atoms with Crippen LogP contribution in [-0.2, 0) is 19.2 Å². The summed E-state index contributed by atoms with van der Waals surface area (Å²) in [5.41, 5.74) is 1.32. The number of hydrogen-bond acceptors (Lipinski definition) is 8. The first-order valence-corrected chi connectivity index (χ1v) is 22.5. The van der Waals surface area contributed by atoms with Crippen LogP contribution in [-0.4, -0.2) is 71.7 Å². The number of nitrogens with zero attached hydrogens (tertiary/aromatic N) is 4. The molecule has 4 aromatic rings. The third kappa shape index (κ3) is 10.6. The van der Waals surface area contributed by atoms with Crippen LogP contribution in [0.15, 0.2) is 120 Å². The van der Waals surface area contributed by atoms with E-state index in [-0.39, 0.29) is 35.7 Å². The molecule has 2 aromatic heterocycles. The van der Waals surface area contributed by atoms with Gasteiger partial charge >= 0.3 is 0 Å². The largest absolute Gasteiger partial charge is 0.374 e. The predicted octanol–water partition coefficient (Wildman–Crippen LogP) is 8.20. The van der Waals surface area contributed by atoms with E-state index < -0.39 is 12.1 Å². The summed E-state index contributed by atoms with van der Waals surface area (Å²) < 4.78 is 0. The first-order valence-electron chi connectivity index (χ1n) is 20.7. The van der Waals surface area contributed by atoms with Crippen molar-refractivity contribution in [1.29, 1.82) is 0 Å². The van der Waals surface area contributed by atoms with Crippen molar-refractivity contribution in [1.82, 2.24) is 20.4 Å². The SMILES string of the molecule is O=C(NC1CCCCC1)C(c1cccs1)N(C(=O)/C=C/N1CCN(/C=C/C(=O)N(c2ccccc2)C(C(=O)NC2CCCCC2)c2cccs2)CC1)c1ccccc1. The van der Waals surface area contributed by atoms with E-state index in [1.807, 2.05) is 108 Å². The Bertz CT molecular complexity index is 1820. The van der Waals surface area contributed by atoms with Gasteiger partial charge in [-0.2, -0.15) is 0 Å². The van der Waals surface area contributed by atoms with E-state index >= 15 is 0 Å². The number of nitrogens with one attached hydrogen (secondary N) is 2. The second-order valence-corrected chi connectivity index (χ2v) is 17.3. The predicted molar refractivity (Wildman–Crippen MR) is 233 cm³/mol. The Kier molecular flexibility index (Phi) is 14.5. The molecule has 3 aliphatic rings. The van der Waals surface area contributed by atoms with Gasteiger partial charge in [0, 0.05) is 83.9 Å². The Morgan fingerprint density at radius 2 is 0.914 bits per heavy atom. The number of benzene rings is 2. The number of anilines is 2. The lowest BCUT2D eigenvalue weighted by molar-refractivity contribution is -0.126. The third-order valence-electron chi connectivity index (χ3n) is 11.3. The summed E-state index contributed by atoms with van der Waals surface area (Å²) in [6, 6.07) is 25.2. The van der Waals surface area contributed by atoms with Gasteiger partial charge < -0.3 is 20.4 Å². The average Bonchev–Trinajstić information content (AvgIpc) is 4.00. The highest BCUT2D eigenvalue weighted by molar-refractivity contribution is 7.10. The molecule has 2 saturated carbocycles. The Balaban J connectivity index is 1.03. The van der Waals surface area contributed by atoms with Crippen LogP contribution in [0.2, 0.25) is 0 Å². The number of amides is 4. The molecule has 2 unspecified atom stereocenters. The second-order valence-electron chi connectivity index (χ2n) is 15.3. The molecule has 0 spiro atoms.